The molecule has 0 saturated heterocycles. The van der Waals surface area contributed by atoms with Crippen LogP contribution in [0.15, 0.2) is 42.0 Å². The molecule has 0 fully saturated rings. The third-order valence-electron chi connectivity index (χ3n) is 2.56. The zero-order valence-electron chi connectivity index (χ0n) is 8.91. The van der Waals surface area contributed by atoms with Gasteiger partial charge in [0.1, 0.15) is 0 Å². The topological polar surface area (TPSA) is 21.3 Å². The lowest BCUT2D eigenvalue weighted by Crippen LogP contribution is -2.22. The highest BCUT2D eigenvalue weighted by atomic mass is 16.5. The Kier molecular flexibility index (Phi) is 3.94. The van der Waals surface area contributed by atoms with E-state index in [9.17, 15) is 0 Å². The molecule has 0 atom stereocenters. The summed E-state index contributed by atoms with van der Waals surface area (Å²) in [6, 6.07) is 10.3. The molecule has 0 aliphatic carbocycles. The monoisotopic (exact) mass is 203 g/mol. The minimum Gasteiger partial charge on any atom is -0.372 e. The van der Waals surface area contributed by atoms with Gasteiger partial charge in [0.15, 0.2) is 0 Å². The van der Waals surface area contributed by atoms with Crippen molar-refractivity contribution in [1.82, 2.24) is 5.32 Å². The van der Waals surface area contributed by atoms with Crippen LogP contribution in [0.3, 0.4) is 0 Å². The molecule has 2 rings (SSSR count). The first-order valence-electron chi connectivity index (χ1n) is 5.45. The smallest absolute Gasteiger partial charge is 0.0721 e. The fourth-order valence-corrected chi connectivity index (χ4v) is 1.67. The standard InChI is InChI=1S/C13H17NO/c1-2-4-12(5-3-1)10-15-11-13-6-8-14-9-7-13/h1-6,14H,7-11H2. The van der Waals surface area contributed by atoms with E-state index in [-0.39, 0.29) is 0 Å². The normalized spacial score (nSPS) is 16.1. The van der Waals surface area contributed by atoms with Crippen molar-refractivity contribution in [3.8, 4) is 0 Å². The SMILES string of the molecule is C1=C(COCc2ccccc2)CCNC1. The Labute approximate surface area is 91.0 Å². The second kappa shape index (κ2) is 5.69. The van der Waals surface area contributed by atoms with Crippen LogP contribution in [0, 0.1) is 0 Å². The first-order valence-corrected chi connectivity index (χ1v) is 5.45. The van der Waals surface area contributed by atoms with Gasteiger partial charge in [0.05, 0.1) is 13.2 Å². The molecule has 2 nitrogen and oxygen atoms in total. The second-order valence-electron chi connectivity index (χ2n) is 3.79. The van der Waals surface area contributed by atoms with Crippen molar-refractivity contribution >= 4 is 0 Å². The van der Waals surface area contributed by atoms with Gasteiger partial charge in [0.25, 0.3) is 0 Å². The number of ether oxygens (including phenoxy) is 1. The van der Waals surface area contributed by atoms with E-state index >= 15 is 0 Å². The van der Waals surface area contributed by atoms with Gasteiger partial charge in [-0.15, -0.1) is 0 Å². The molecule has 15 heavy (non-hydrogen) atoms. The van der Waals surface area contributed by atoms with E-state index in [1.807, 2.05) is 18.2 Å². The molecule has 1 heterocycles. The molecule has 1 aliphatic heterocycles. The quantitative estimate of drug-likeness (QED) is 0.757. The highest BCUT2D eigenvalue weighted by Crippen LogP contribution is 2.07. The van der Waals surface area contributed by atoms with Crippen molar-refractivity contribution in [2.24, 2.45) is 0 Å². The van der Waals surface area contributed by atoms with E-state index in [1.54, 1.807) is 0 Å². The maximum absolute atomic E-state index is 5.66. The summed E-state index contributed by atoms with van der Waals surface area (Å²) in [5.74, 6) is 0. The lowest BCUT2D eigenvalue weighted by molar-refractivity contribution is 0.140. The lowest BCUT2D eigenvalue weighted by Gasteiger charge is -2.14. The molecule has 80 valence electrons. The van der Waals surface area contributed by atoms with Crippen LogP contribution < -0.4 is 5.32 Å². The maximum Gasteiger partial charge on any atom is 0.0721 e. The Morgan fingerprint density at radius 1 is 1.13 bits per heavy atom. The average Bonchev–Trinajstić information content (AvgIpc) is 2.32. The molecule has 1 aliphatic rings. The highest BCUT2D eigenvalue weighted by Gasteiger charge is 2.02. The molecule has 2 heteroatoms. The molecule has 0 amide bonds. The third-order valence-corrected chi connectivity index (χ3v) is 2.56. The van der Waals surface area contributed by atoms with Crippen LogP contribution in [0.4, 0.5) is 0 Å². The summed E-state index contributed by atoms with van der Waals surface area (Å²) >= 11 is 0. The largest absolute Gasteiger partial charge is 0.372 e. The fourth-order valence-electron chi connectivity index (χ4n) is 1.67. The molecule has 0 radical (unpaired) electrons. The van der Waals surface area contributed by atoms with Crippen molar-refractivity contribution in [3.63, 3.8) is 0 Å². The predicted molar refractivity (Wildman–Crippen MR) is 61.7 cm³/mol. The number of hydrogen-bond donors (Lipinski definition) is 1. The summed E-state index contributed by atoms with van der Waals surface area (Å²) in [7, 11) is 0. The molecule has 0 unspecified atom stereocenters. The summed E-state index contributed by atoms with van der Waals surface area (Å²) in [5, 5.41) is 3.29. The van der Waals surface area contributed by atoms with Crippen LogP contribution in [0.1, 0.15) is 12.0 Å². The van der Waals surface area contributed by atoms with Crippen LogP contribution in [0.5, 0.6) is 0 Å². The maximum atomic E-state index is 5.66. The van der Waals surface area contributed by atoms with E-state index in [0.717, 1.165) is 26.1 Å². The van der Waals surface area contributed by atoms with Crippen LogP contribution in [-0.4, -0.2) is 19.7 Å². The minimum atomic E-state index is 0.714. The van der Waals surface area contributed by atoms with E-state index in [1.165, 1.54) is 11.1 Å². The van der Waals surface area contributed by atoms with Crippen LogP contribution in [-0.2, 0) is 11.3 Å². The predicted octanol–water partition coefficient (Wildman–Crippen LogP) is 2.12. The Bertz CT molecular complexity index is 319. The van der Waals surface area contributed by atoms with Crippen LogP contribution in [0.25, 0.3) is 0 Å². The van der Waals surface area contributed by atoms with Crippen molar-refractivity contribution in [1.29, 1.82) is 0 Å². The summed E-state index contributed by atoms with van der Waals surface area (Å²) in [5.41, 5.74) is 2.66. The number of nitrogens with one attached hydrogen (secondary N) is 1. The van der Waals surface area contributed by atoms with Crippen LogP contribution in [0.2, 0.25) is 0 Å². The van der Waals surface area contributed by atoms with E-state index in [4.69, 9.17) is 4.74 Å². The van der Waals surface area contributed by atoms with Gasteiger partial charge in [0, 0.05) is 6.54 Å². The fraction of sp³-hybridized carbons (Fsp3) is 0.385. The van der Waals surface area contributed by atoms with E-state index in [2.05, 4.69) is 23.5 Å². The first kappa shape index (κ1) is 10.4. The van der Waals surface area contributed by atoms with Gasteiger partial charge in [-0.1, -0.05) is 36.4 Å². The summed E-state index contributed by atoms with van der Waals surface area (Å²) < 4.78 is 5.66. The lowest BCUT2D eigenvalue weighted by atomic mass is 10.1. The van der Waals surface area contributed by atoms with Gasteiger partial charge in [-0.2, -0.15) is 0 Å². The van der Waals surface area contributed by atoms with Crippen molar-refractivity contribution in [2.45, 2.75) is 13.0 Å². The van der Waals surface area contributed by atoms with Gasteiger partial charge in [-0.3, -0.25) is 0 Å². The average molecular weight is 203 g/mol. The second-order valence-corrected chi connectivity index (χ2v) is 3.79. The Hall–Kier alpha value is -1.12. The number of benzene rings is 1. The molecular weight excluding hydrogens is 186 g/mol. The zero-order valence-corrected chi connectivity index (χ0v) is 8.91. The zero-order chi connectivity index (χ0) is 10.3. The van der Waals surface area contributed by atoms with Gasteiger partial charge in [-0.25, -0.2) is 0 Å². The Balaban J connectivity index is 1.73. The molecule has 0 saturated carbocycles. The van der Waals surface area contributed by atoms with Gasteiger partial charge in [-0.05, 0) is 24.1 Å². The van der Waals surface area contributed by atoms with Crippen LogP contribution >= 0.6 is 0 Å². The highest BCUT2D eigenvalue weighted by molar-refractivity contribution is 5.14. The van der Waals surface area contributed by atoms with E-state index in [0.29, 0.717) is 6.61 Å². The number of rotatable bonds is 4. The van der Waals surface area contributed by atoms with Crippen molar-refractivity contribution < 1.29 is 4.74 Å². The molecule has 1 N–H and O–H groups in total. The molecule has 0 spiro atoms. The number of hydrogen-bond acceptors (Lipinski definition) is 2. The molecule has 1 aromatic carbocycles. The molecular formula is C13H17NO. The van der Waals surface area contributed by atoms with Crippen molar-refractivity contribution in [3.05, 3.63) is 47.5 Å². The molecule has 0 aromatic heterocycles. The summed E-state index contributed by atoms with van der Waals surface area (Å²) in [4.78, 5) is 0. The Morgan fingerprint density at radius 2 is 2.00 bits per heavy atom. The minimum absolute atomic E-state index is 0.714. The van der Waals surface area contributed by atoms with E-state index < -0.39 is 0 Å². The molecule has 0 bridgehead atoms. The summed E-state index contributed by atoms with van der Waals surface area (Å²) in [6.07, 6.45) is 3.35. The van der Waals surface area contributed by atoms with Gasteiger partial charge in [0.2, 0.25) is 0 Å². The first-order chi connectivity index (χ1) is 7.45. The van der Waals surface area contributed by atoms with Gasteiger partial charge < -0.3 is 10.1 Å². The third kappa shape index (κ3) is 3.50. The summed E-state index contributed by atoms with van der Waals surface area (Å²) in [6.45, 7) is 3.56. The van der Waals surface area contributed by atoms with Gasteiger partial charge >= 0.3 is 0 Å². The van der Waals surface area contributed by atoms with Crippen molar-refractivity contribution in [2.75, 3.05) is 19.7 Å². The Morgan fingerprint density at radius 3 is 2.73 bits per heavy atom. The molecule has 1 aromatic rings.